The van der Waals surface area contributed by atoms with Crippen LogP contribution in [0.4, 0.5) is 0 Å². The van der Waals surface area contributed by atoms with Crippen LogP contribution in [0.3, 0.4) is 0 Å². The van der Waals surface area contributed by atoms with Gasteiger partial charge in [-0.15, -0.1) is 0 Å². The van der Waals surface area contributed by atoms with Gasteiger partial charge < -0.3 is 9.64 Å². The van der Waals surface area contributed by atoms with Gasteiger partial charge in [-0.2, -0.15) is 0 Å². The molecule has 1 aromatic carbocycles. The summed E-state index contributed by atoms with van der Waals surface area (Å²) < 4.78 is 5.60. The molecule has 6 nitrogen and oxygen atoms in total. The monoisotopic (exact) mass is 326 g/mol. The molecule has 2 aliphatic heterocycles. The van der Waals surface area contributed by atoms with Crippen LogP contribution < -0.4 is 10.1 Å². The van der Waals surface area contributed by atoms with Crippen LogP contribution in [-0.2, 0) is 16.1 Å². The van der Waals surface area contributed by atoms with Gasteiger partial charge in [0, 0.05) is 18.5 Å². The van der Waals surface area contributed by atoms with E-state index in [0.29, 0.717) is 30.0 Å². The SMILES string of the molecule is C=C(/C=C\C)Oc1ccc2c(c1)CN(C1CCC(=O)NC1=O)C2=O. The van der Waals surface area contributed by atoms with Gasteiger partial charge in [0.25, 0.3) is 5.91 Å². The number of nitrogens with one attached hydrogen (secondary N) is 1. The lowest BCUT2D eigenvalue weighted by molar-refractivity contribution is -0.136. The van der Waals surface area contributed by atoms with E-state index in [2.05, 4.69) is 11.9 Å². The highest BCUT2D eigenvalue weighted by Gasteiger charge is 2.39. The molecular formula is C18H18N2O4. The number of amides is 3. The van der Waals surface area contributed by atoms with Crippen molar-refractivity contribution in [2.75, 3.05) is 0 Å². The molecule has 2 heterocycles. The highest BCUT2D eigenvalue weighted by molar-refractivity contribution is 6.05. The number of fused-ring (bicyclic) bond motifs is 1. The van der Waals surface area contributed by atoms with Gasteiger partial charge in [-0.3, -0.25) is 19.7 Å². The number of carbonyl (C=O) groups excluding carboxylic acids is 3. The first-order chi connectivity index (χ1) is 11.5. The second-order valence-electron chi connectivity index (χ2n) is 5.79. The molecule has 0 bridgehead atoms. The van der Waals surface area contributed by atoms with Crippen LogP contribution in [0.5, 0.6) is 5.75 Å². The minimum absolute atomic E-state index is 0.196. The van der Waals surface area contributed by atoms with Gasteiger partial charge in [0.1, 0.15) is 17.6 Å². The van der Waals surface area contributed by atoms with Crippen molar-refractivity contribution in [3.63, 3.8) is 0 Å². The van der Waals surface area contributed by atoms with Crippen LogP contribution in [0, 0.1) is 0 Å². The average molecular weight is 326 g/mol. The maximum absolute atomic E-state index is 12.6. The van der Waals surface area contributed by atoms with Crippen LogP contribution in [0.2, 0.25) is 0 Å². The van der Waals surface area contributed by atoms with Gasteiger partial charge in [-0.25, -0.2) is 0 Å². The Balaban J connectivity index is 1.78. The first kappa shape index (κ1) is 16.0. The lowest BCUT2D eigenvalue weighted by Crippen LogP contribution is -2.52. The summed E-state index contributed by atoms with van der Waals surface area (Å²) in [5.41, 5.74) is 1.36. The second kappa shape index (κ2) is 6.31. The molecule has 3 rings (SSSR count). The third-order valence-electron chi connectivity index (χ3n) is 4.10. The van der Waals surface area contributed by atoms with Crippen molar-refractivity contribution in [1.29, 1.82) is 0 Å². The van der Waals surface area contributed by atoms with Gasteiger partial charge in [-0.05, 0) is 43.2 Å². The molecule has 1 atom stereocenters. The van der Waals surface area contributed by atoms with Gasteiger partial charge in [-0.1, -0.05) is 12.7 Å². The molecule has 3 amide bonds. The molecule has 0 aliphatic carbocycles. The molecule has 0 radical (unpaired) electrons. The topological polar surface area (TPSA) is 75.7 Å². The van der Waals surface area contributed by atoms with Crippen LogP contribution >= 0.6 is 0 Å². The van der Waals surface area contributed by atoms with Crippen molar-refractivity contribution in [2.45, 2.75) is 32.4 Å². The van der Waals surface area contributed by atoms with Crippen LogP contribution in [0.25, 0.3) is 0 Å². The number of imide groups is 1. The Labute approximate surface area is 139 Å². The Kier molecular flexibility index (Phi) is 4.20. The summed E-state index contributed by atoms with van der Waals surface area (Å²) in [4.78, 5) is 37.3. The predicted octanol–water partition coefficient (Wildman–Crippen LogP) is 1.92. The quantitative estimate of drug-likeness (QED) is 0.521. The molecule has 0 aromatic heterocycles. The lowest BCUT2D eigenvalue weighted by Gasteiger charge is -2.29. The summed E-state index contributed by atoms with van der Waals surface area (Å²) in [6, 6.07) is 4.58. The third-order valence-corrected chi connectivity index (χ3v) is 4.10. The Morgan fingerprint density at radius 3 is 2.88 bits per heavy atom. The summed E-state index contributed by atoms with van der Waals surface area (Å²) >= 11 is 0. The molecular weight excluding hydrogens is 308 g/mol. The van der Waals surface area contributed by atoms with Gasteiger partial charge in [0.2, 0.25) is 11.8 Å². The lowest BCUT2D eigenvalue weighted by atomic mass is 10.0. The fourth-order valence-electron chi connectivity index (χ4n) is 2.99. The first-order valence-corrected chi connectivity index (χ1v) is 7.76. The number of carbonyl (C=O) groups is 3. The van der Waals surface area contributed by atoms with Crippen LogP contribution in [0.15, 0.2) is 42.7 Å². The molecule has 0 saturated carbocycles. The van der Waals surface area contributed by atoms with Crippen molar-refractivity contribution in [3.05, 3.63) is 53.8 Å². The Morgan fingerprint density at radius 2 is 2.17 bits per heavy atom. The number of rotatable bonds is 4. The zero-order chi connectivity index (χ0) is 17.3. The smallest absolute Gasteiger partial charge is 0.255 e. The van der Waals surface area contributed by atoms with Crippen molar-refractivity contribution >= 4 is 17.7 Å². The molecule has 6 heteroatoms. The second-order valence-corrected chi connectivity index (χ2v) is 5.79. The van der Waals surface area contributed by atoms with E-state index in [1.165, 1.54) is 4.90 Å². The summed E-state index contributed by atoms with van der Waals surface area (Å²) in [6.45, 7) is 5.98. The number of piperidine rings is 1. The number of nitrogens with zero attached hydrogens (tertiary/aromatic N) is 1. The fourth-order valence-corrected chi connectivity index (χ4v) is 2.99. The van der Waals surface area contributed by atoms with E-state index < -0.39 is 11.9 Å². The van der Waals surface area contributed by atoms with E-state index in [4.69, 9.17) is 4.74 Å². The van der Waals surface area contributed by atoms with E-state index in [1.807, 2.05) is 13.0 Å². The van der Waals surface area contributed by atoms with Gasteiger partial charge in [0.05, 0.1) is 0 Å². The molecule has 0 spiro atoms. The fraction of sp³-hybridized carbons (Fsp3) is 0.278. The first-order valence-electron chi connectivity index (χ1n) is 7.76. The zero-order valence-electron chi connectivity index (χ0n) is 13.4. The normalized spacial score (nSPS) is 20.3. The average Bonchev–Trinajstić information content (AvgIpc) is 2.84. The predicted molar refractivity (Wildman–Crippen MR) is 87.1 cm³/mol. The van der Waals surface area contributed by atoms with Crippen molar-refractivity contribution in [1.82, 2.24) is 10.2 Å². The van der Waals surface area contributed by atoms with E-state index in [-0.39, 0.29) is 18.2 Å². The van der Waals surface area contributed by atoms with E-state index in [0.717, 1.165) is 5.56 Å². The third kappa shape index (κ3) is 2.95. The number of hydrogen-bond acceptors (Lipinski definition) is 4. The number of benzene rings is 1. The molecule has 24 heavy (non-hydrogen) atoms. The van der Waals surface area contributed by atoms with Gasteiger partial charge >= 0.3 is 0 Å². The summed E-state index contributed by atoms with van der Waals surface area (Å²) in [7, 11) is 0. The van der Waals surface area contributed by atoms with Crippen molar-refractivity contribution in [2.24, 2.45) is 0 Å². The van der Waals surface area contributed by atoms with E-state index in [9.17, 15) is 14.4 Å². The molecule has 1 fully saturated rings. The molecule has 124 valence electrons. The minimum Gasteiger partial charge on any atom is -0.458 e. The standard InChI is InChI=1S/C18H18N2O4/c1-3-4-11(2)24-13-5-6-14-12(9-13)10-20(18(14)23)15-7-8-16(21)19-17(15)22/h3-6,9,15H,2,7-8,10H2,1H3,(H,19,21,22)/b4-3-. The van der Waals surface area contributed by atoms with Crippen LogP contribution in [-0.4, -0.2) is 28.7 Å². The number of allylic oxidation sites excluding steroid dienone is 2. The van der Waals surface area contributed by atoms with Crippen molar-refractivity contribution < 1.29 is 19.1 Å². The molecule has 2 aliphatic rings. The Bertz CT molecular complexity index is 766. The van der Waals surface area contributed by atoms with E-state index >= 15 is 0 Å². The van der Waals surface area contributed by atoms with E-state index in [1.54, 1.807) is 24.3 Å². The zero-order valence-corrected chi connectivity index (χ0v) is 13.4. The highest BCUT2D eigenvalue weighted by Crippen LogP contribution is 2.30. The maximum atomic E-state index is 12.6. The number of ether oxygens (including phenoxy) is 1. The maximum Gasteiger partial charge on any atom is 0.255 e. The molecule has 1 aromatic rings. The van der Waals surface area contributed by atoms with Crippen molar-refractivity contribution in [3.8, 4) is 5.75 Å². The summed E-state index contributed by atoms with van der Waals surface area (Å²) in [5.74, 6) is 0.195. The molecule has 1 N–H and O–H groups in total. The minimum atomic E-state index is -0.607. The van der Waals surface area contributed by atoms with Crippen LogP contribution in [0.1, 0.15) is 35.7 Å². The highest BCUT2D eigenvalue weighted by atomic mass is 16.5. The van der Waals surface area contributed by atoms with Gasteiger partial charge in [0.15, 0.2) is 0 Å². The number of hydrogen-bond donors (Lipinski definition) is 1. The summed E-state index contributed by atoms with van der Waals surface area (Å²) in [5, 5.41) is 2.29. The Morgan fingerprint density at radius 1 is 1.38 bits per heavy atom. The molecule has 1 saturated heterocycles. The molecule has 1 unspecified atom stereocenters. The summed E-state index contributed by atoms with van der Waals surface area (Å²) in [6.07, 6.45) is 4.16. The largest absolute Gasteiger partial charge is 0.458 e. The Hall–Kier alpha value is -2.89.